The fraction of sp³-hybridized carbons (Fsp3) is 0.647. The van der Waals surface area contributed by atoms with Gasteiger partial charge in [0.25, 0.3) is 0 Å². The third-order valence-corrected chi connectivity index (χ3v) is 4.69. The molecule has 1 aliphatic rings. The van der Waals surface area contributed by atoms with Crippen LogP contribution in [-0.4, -0.2) is 42.7 Å². The summed E-state index contributed by atoms with van der Waals surface area (Å²) in [6.07, 6.45) is 1.56. The SMILES string of the molecule is CCN1CCC(N(C)c2cc(C)c(F)cc2[C@H](C)O)CC1. The number of hydrogen-bond donors (Lipinski definition) is 1. The van der Waals surface area contributed by atoms with Crippen LogP contribution in [0.1, 0.15) is 43.9 Å². The van der Waals surface area contributed by atoms with E-state index in [0.717, 1.165) is 38.2 Å². The number of hydrogen-bond acceptors (Lipinski definition) is 3. The highest BCUT2D eigenvalue weighted by Crippen LogP contribution is 2.31. The summed E-state index contributed by atoms with van der Waals surface area (Å²) in [7, 11) is 2.06. The molecule has 3 nitrogen and oxygen atoms in total. The highest BCUT2D eigenvalue weighted by atomic mass is 19.1. The lowest BCUT2D eigenvalue weighted by Gasteiger charge is -2.38. The van der Waals surface area contributed by atoms with Gasteiger partial charge in [0.1, 0.15) is 5.82 Å². The minimum absolute atomic E-state index is 0.246. The van der Waals surface area contributed by atoms with Crippen molar-refractivity contribution >= 4 is 5.69 Å². The summed E-state index contributed by atoms with van der Waals surface area (Å²) in [6.45, 7) is 8.98. The molecule has 4 heteroatoms. The molecule has 1 saturated heterocycles. The summed E-state index contributed by atoms with van der Waals surface area (Å²) in [5.74, 6) is -0.246. The van der Waals surface area contributed by atoms with E-state index in [0.29, 0.717) is 17.2 Å². The van der Waals surface area contributed by atoms with Gasteiger partial charge in [-0.05, 0) is 50.9 Å². The molecule has 0 aromatic heterocycles. The van der Waals surface area contributed by atoms with Crippen LogP contribution in [-0.2, 0) is 0 Å². The number of nitrogens with zero attached hydrogens (tertiary/aromatic N) is 2. The third kappa shape index (κ3) is 3.55. The zero-order valence-corrected chi connectivity index (χ0v) is 13.6. The van der Waals surface area contributed by atoms with Gasteiger partial charge in [0.05, 0.1) is 6.10 Å². The van der Waals surface area contributed by atoms with E-state index in [-0.39, 0.29) is 5.82 Å². The lowest BCUT2D eigenvalue weighted by Crippen LogP contribution is -2.43. The topological polar surface area (TPSA) is 26.7 Å². The largest absolute Gasteiger partial charge is 0.389 e. The molecule has 0 aliphatic carbocycles. The molecule has 1 atom stereocenters. The number of piperidine rings is 1. The summed E-state index contributed by atoms with van der Waals surface area (Å²) in [4.78, 5) is 4.68. The van der Waals surface area contributed by atoms with E-state index in [1.54, 1.807) is 13.8 Å². The molecular formula is C17H27FN2O. The molecule has 0 bridgehead atoms. The second-order valence-electron chi connectivity index (χ2n) is 6.11. The van der Waals surface area contributed by atoms with Gasteiger partial charge in [0, 0.05) is 37.4 Å². The number of aliphatic hydroxyl groups excluding tert-OH is 1. The molecule has 1 N–H and O–H groups in total. The Morgan fingerprint density at radius 3 is 2.52 bits per heavy atom. The maximum Gasteiger partial charge on any atom is 0.126 e. The Morgan fingerprint density at radius 2 is 2.00 bits per heavy atom. The van der Waals surface area contributed by atoms with E-state index in [9.17, 15) is 9.50 Å². The molecular weight excluding hydrogens is 267 g/mol. The summed E-state index contributed by atoms with van der Waals surface area (Å²) in [5, 5.41) is 9.95. The zero-order valence-electron chi connectivity index (χ0n) is 13.6. The normalized spacial score (nSPS) is 18.8. The van der Waals surface area contributed by atoms with Crippen molar-refractivity contribution in [1.29, 1.82) is 0 Å². The predicted octanol–water partition coefficient (Wildman–Crippen LogP) is 3.11. The molecule has 0 amide bonds. The lowest BCUT2D eigenvalue weighted by molar-refractivity contribution is 0.198. The van der Waals surface area contributed by atoms with Crippen LogP contribution in [0, 0.1) is 12.7 Å². The standard InChI is InChI=1S/C17H27FN2O/c1-5-20-8-6-14(7-9-20)19(4)17-10-12(2)16(18)11-15(17)13(3)21/h10-11,13-14,21H,5-9H2,1-4H3/t13-/m0/s1. The fourth-order valence-corrected chi connectivity index (χ4v) is 3.14. The Kier molecular flexibility index (Phi) is 5.22. The van der Waals surface area contributed by atoms with E-state index >= 15 is 0 Å². The van der Waals surface area contributed by atoms with E-state index < -0.39 is 6.10 Å². The van der Waals surface area contributed by atoms with Crippen LogP contribution >= 0.6 is 0 Å². The smallest absolute Gasteiger partial charge is 0.126 e. The number of benzene rings is 1. The van der Waals surface area contributed by atoms with Gasteiger partial charge in [-0.1, -0.05) is 6.92 Å². The lowest BCUT2D eigenvalue weighted by atomic mass is 9.99. The first-order chi connectivity index (χ1) is 9.93. The van der Waals surface area contributed by atoms with Gasteiger partial charge >= 0.3 is 0 Å². The third-order valence-electron chi connectivity index (χ3n) is 4.69. The molecule has 1 aromatic rings. The first-order valence-corrected chi connectivity index (χ1v) is 7.87. The summed E-state index contributed by atoms with van der Waals surface area (Å²) in [5.41, 5.74) is 2.27. The Bertz CT molecular complexity index is 482. The summed E-state index contributed by atoms with van der Waals surface area (Å²) < 4.78 is 13.8. The van der Waals surface area contributed by atoms with Gasteiger partial charge in [-0.2, -0.15) is 0 Å². The predicted molar refractivity (Wildman–Crippen MR) is 85.3 cm³/mol. The molecule has 118 valence electrons. The Balaban J connectivity index is 2.22. The molecule has 0 saturated carbocycles. The van der Waals surface area contributed by atoms with Crippen molar-refractivity contribution in [2.75, 3.05) is 31.6 Å². The minimum Gasteiger partial charge on any atom is -0.389 e. The van der Waals surface area contributed by atoms with Crippen LogP contribution in [0.2, 0.25) is 0 Å². The molecule has 1 aromatic carbocycles. The summed E-state index contributed by atoms with van der Waals surface area (Å²) >= 11 is 0. The van der Waals surface area contributed by atoms with Crippen molar-refractivity contribution in [3.63, 3.8) is 0 Å². The Labute approximate surface area is 127 Å². The average Bonchev–Trinajstić information content (AvgIpc) is 2.48. The number of anilines is 1. The second kappa shape index (κ2) is 6.75. The van der Waals surface area contributed by atoms with E-state index in [1.165, 1.54) is 6.07 Å². The van der Waals surface area contributed by atoms with Crippen molar-refractivity contribution in [1.82, 2.24) is 4.90 Å². The molecule has 2 rings (SSSR count). The van der Waals surface area contributed by atoms with Crippen LogP contribution in [0.5, 0.6) is 0 Å². The van der Waals surface area contributed by atoms with Gasteiger partial charge in [-0.25, -0.2) is 4.39 Å². The maximum atomic E-state index is 13.8. The molecule has 1 fully saturated rings. The van der Waals surface area contributed by atoms with Gasteiger partial charge < -0.3 is 14.9 Å². The average molecular weight is 294 g/mol. The minimum atomic E-state index is -0.659. The van der Waals surface area contributed by atoms with Crippen molar-refractivity contribution in [3.05, 3.63) is 29.1 Å². The van der Waals surface area contributed by atoms with Gasteiger partial charge in [-0.15, -0.1) is 0 Å². The molecule has 0 spiro atoms. The number of rotatable bonds is 4. The maximum absolute atomic E-state index is 13.8. The van der Waals surface area contributed by atoms with E-state index in [1.807, 2.05) is 6.07 Å². The highest BCUT2D eigenvalue weighted by molar-refractivity contribution is 5.57. The van der Waals surface area contributed by atoms with E-state index in [4.69, 9.17) is 0 Å². The molecule has 1 aliphatic heterocycles. The first-order valence-electron chi connectivity index (χ1n) is 7.87. The molecule has 0 radical (unpaired) electrons. The number of aliphatic hydroxyl groups is 1. The first kappa shape index (κ1) is 16.2. The molecule has 0 unspecified atom stereocenters. The van der Waals surface area contributed by atoms with Crippen molar-refractivity contribution in [2.45, 2.75) is 45.8 Å². The number of aryl methyl sites for hydroxylation is 1. The van der Waals surface area contributed by atoms with Crippen LogP contribution in [0.15, 0.2) is 12.1 Å². The van der Waals surface area contributed by atoms with Crippen molar-refractivity contribution in [3.8, 4) is 0 Å². The Morgan fingerprint density at radius 1 is 1.38 bits per heavy atom. The summed E-state index contributed by atoms with van der Waals surface area (Å²) in [6, 6.07) is 3.80. The van der Waals surface area contributed by atoms with Crippen LogP contribution < -0.4 is 4.90 Å². The van der Waals surface area contributed by atoms with Crippen LogP contribution in [0.3, 0.4) is 0 Å². The van der Waals surface area contributed by atoms with Crippen molar-refractivity contribution < 1.29 is 9.50 Å². The van der Waals surface area contributed by atoms with Gasteiger partial charge in [-0.3, -0.25) is 0 Å². The quantitative estimate of drug-likeness (QED) is 0.924. The number of halogens is 1. The highest BCUT2D eigenvalue weighted by Gasteiger charge is 2.24. The van der Waals surface area contributed by atoms with Crippen LogP contribution in [0.4, 0.5) is 10.1 Å². The monoisotopic (exact) mass is 294 g/mol. The van der Waals surface area contributed by atoms with E-state index in [2.05, 4.69) is 23.8 Å². The second-order valence-corrected chi connectivity index (χ2v) is 6.11. The van der Waals surface area contributed by atoms with Gasteiger partial charge in [0.15, 0.2) is 0 Å². The van der Waals surface area contributed by atoms with Crippen molar-refractivity contribution in [2.24, 2.45) is 0 Å². The number of likely N-dealkylation sites (tertiary alicyclic amines) is 1. The van der Waals surface area contributed by atoms with Crippen LogP contribution in [0.25, 0.3) is 0 Å². The molecule has 1 heterocycles. The fourth-order valence-electron chi connectivity index (χ4n) is 3.14. The molecule has 21 heavy (non-hydrogen) atoms. The Hall–Kier alpha value is -1.13. The van der Waals surface area contributed by atoms with Gasteiger partial charge in [0.2, 0.25) is 0 Å². The zero-order chi connectivity index (χ0) is 15.6.